The number of piperidine rings is 1. The van der Waals surface area contributed by atoms with E-state index in [1.54, 1.807) is 0 Å². The van der Waals surface area contributed by atoms with Crippen molar-refractivity contribution in [3.05, 3.63) is 11.5 Å². The summed E-state index contributed by atoms with van der Waals surface area (Å²) in [6.07, 6.45) is 5.70. The first kappa shape index (κ1) is 12.5. The lowest BCUT2D eigenvalue weighted by atomic mass is 9.96. The van der Waals surface area contributed by atoms with Gasteiger partial charge in [-0.05, 0) is 24.0 Å². The van der Waals surface area contributed by atoms with Crippen LogP contribution in [0, 0.1) is 5.92 Å². The molecule has 18 heavy (non-hydrogen) atoms. The number of fused-ring (bicyclic) bond motifs is 1. The van der Waals surface area contributed by atoms with Crippen LogP contribution in [-0.2, 0) is 4.79 Å². The number of hydrazine groups is 2. The molecule has 3 heterocycles. The van der Waals surface area contributed by atoms with Crippen molar-refractivity contribution in [2.45, 2.75) is 31.3 Å². The molecule has 2 N–H and O–H groups in total. The Morgan fingerprint density at radius 1 is 1.33 bits per heavy atom. The highest BCUT2D eigenvalue weighted by Crippen LogP contribution is 2.32. The van der Waals surface area contributed by atoms with Crippen LogP contribution in [0.25, 0.3) is 0 Å². The summed E-state index contributed by atoms with van der Waals surface area (Å²) in [4.78, 5) is 11.6. The molecule has 0 saturated carbocycles. The SMILES string of the molecule is O=C(O)C1C2C[SH]C=CC2NN1N1CCCCC1. The van der Waals surface area contributed by atoms with Gasteiger partial charge in [0, 0.05) is 25.0 Å². The summed E-state index contributed by atoms with van der Waals surface area (Å²) < 4.78 is 0. The Morgan fingerprint density at radius 3 is 2.83 bits per heavy atom. The van der Waals surface area contributed by atoms with E-state index in [0.717, 1.165) is 31.7 Å². The number of carboxylic acid groups (broad SMARTS) is 1. The predicted octanol–water partition coefficient (Wildman–Crippen LogP) is 0.638. The van der Waals surface area contributed by atoms with E-state index < -0.39 is 12.0 Å². The van der Waals surface area contributed by atoms with E-state index >= 15 is 0 Å². The number of rotatable bonds is 2. The van der Waals surface area contributed by atoms with Crippen LogP contribution in [0.2, 0.25) is 0 Å². The van der Waals surface area contributed by atoms with Crippen LogP contribution in [0.5, 0.6) is 0 Å². The second-order valence-electron chi connectivity index (χ2n) is 5.17. The molecule has 0 aromatic heterocycles. The zero-order valence-corrected chi connectivity index (χ0v) is 11.2. The monoisotopic (exact) mass is 270 g/mol. The third-order valence-corrected chi connectivity index (χ3v) is 5.03. The zero-order valence-electron chi connectivity index (χ0n) is 10.3. The summed E-state index contributed by atoms with van der Waals surface area (Å²) >= 11 is 1.24. The summed E-state index contributed by atoms with van der Waals surface area (Å²) in [6.45, 7) is 1.94. The Bertz CT molecular complexity index is 357. The minimum atomic E-state index is -0.703. The molecule has 3 unspecified atom stereocenters. The van der Waals surface area contributed by atoms with E-state index in [0.29, 0.717) is 0 Å². The molecular formula is C12H20N3O2S. The maximum atomic E-state index is 11.6. The van der Waals surface area contributed by atoms with Crippen molar-refractivity contribution >= 4 is 17.7 Å². The van der Waals surface area contributed by atoms with Crippen molar-refractivity contribution in [2.75, 3.05) is 18.8 Å². The summed E-state index contributed by atoms with van der Waals surface area (Å²) in [5.41, 5.74) is 3.38. The minimum absolute atomic E-state index is 0.189. The number of carbonyl (C=O) groups is 1. The topological polar surface area (TPSA) is 55.8 Å². The molecule has 2 fully saturated rings. The van der Waals surface area contributed by atoms with Gasteiger partial charge in [-0.3, -0.25) is 4.79 Å². The lowest BCUT2D eigenvalue weighted by Crippen LogP contribution is -2.56. The van der Waals surface area contributed by atoms with E-state index in [1.165, 1.54) is 18.2 Å². The molecule has 3 atom stereocenters. The number of nitrogens with zero attached hydrogens (tertiary/aromatic N) is 2. The van der Waals surface area contributed by atoms with E-state index in [9.17, 15) is 9.90 Å². The summed E-state index contributed by atoms with van der Waals surface area (Å²) in [5.74, 6) is 0.428. The smallest absolute Gasteiger partial charge is 0.324 e. The van der Waals surface area contributed by atoms with E-state index in [-0.39, 0.29) is 12.0 Å². The normalized spacial score (nSPS) is 37.7. The van der Waals surface area contributed by atoms with Crippen LogP contribution in [0.3, 0.4) is 0 Å². The van der Waals surface area contributed by atoms with Crippen LogP contribution in [0.4, 0.5) is 0 Å². The molecule has 0 aliphatic carbocycles. The largest absolute Gasteiger partial charge is 0.480 e. The highest BCUT2D eigenvalue weighted by atomic mass is 32.2. The van der Waals surface area contributed by atoms with Gasteiger partial charge in [-0.2, -0.15) is 5.12 Å². The van der Waals surface area contributed by atoms with Gasteiger partial charge in [0.1, 0.15) is 6.04 Å². The standard InChI is InChI=1S/C12H20N3O2S/c16-12(17)11-9-8-18-7-4-10(9)13-15(11)14-5-2-1-3-6-14/h4,7,9-11,13,18H,1-3,5-6,8H2,(H,16,17). The van der Waals surface area contributed by atoms with E-state index in [1.807, 2.05) is 5.12 Å². The molecule has 3 aliphatic rings. The Balaban J connectivity index is 1.80. The zero-order chi connectivity index (χ0) is 12.5. The molecule has 0 aromatic rings. The molecule has 0 spiro atoms. The second kappa shape index (κ2) is 5.21. The van der Waals surface area contributed by atoms with Gasteiger partial charge in [0.25, 0.3) is 0 Å². The first-order chi connectivity index (χ1) is 8.77. The Kier molecular flexibility index (Phi) is 3.61. The summed E-state index contributed by atoms with van der Waals surface area (Å²) in [6, 6.07) is -0.222. The lowest BCUT2D eigenvalue weighted by molar-refractivity contribution is -0.158. The molecule has 0 bridgehead atoms. The first-order valence-electron chi connectivity index (χ1n) is 6.64. The fourth-order valence-corrected chi connectivity index (χ4v) is 4.18. The molecule has 1 radical (unpaired) electrons. The number of hydrogen-bond donors (Lipinski definition) is 3. The molecule has 2 saturated heterocycles. The average molecular weight is 270 g/mol. The molecule has 3 rings (SSSR count). The molecule has 3 aliphatic heterocycles. The minimum Gasteiger partial charge on any atom is -0.480 e. The van der Waals surface area contributed by atoms with E-state index in [2.05, 4.69) is 21.9 Å². The van der Waals surface area contributed by atoms with Crippen molar-refractivity contribution in [3.8, 4) is 0 Å². The Morgan fingerprint density at radius 2 is 2.11 bits per heavy atom. The fourth-order valence-electron chi connectivity index (χ4n) is 3.08. The van der Waals surface area contributed by atoms with Crippen LogP contribution < -0.4 is 5.43 Å². The van der Waals surface area contributed by atoms with Gasteiger partial charge in [-0.25, -0.2) is 22.2 Å². The molecule has 6 heteroatoms. The Hall–Kier alpha value is -0.560. The molecule has 0 amide bonds. The van der Waals surface area contributed by atoms with Crippen LogP contribution in [0.1, 0.15) is 19.3 Å². The third-order valence-electron chi connectivity index (χ3n) is 4.02. The van der Waals surface area contributed by atoms with Gasteiger partial charge >= 0.3 is 5.97 Å². The van der Waals surface area contributed by atoms with Gasteiger partial charge in [0.15, 0.2) is 0 Å². The van der Waals surface area contributed by atoms with Crippen molar-refractivity contribution in [3.63, 3.8) is 0 Å². The summed E-state index contributed by atoms with van der Waals surface area (Å²) in [7, 11) is 0. The van der Waals surface area contributed by atoms with Gasteiger partial charge in [-0.15, -0.1) is 0 Å². The van der Waals surface area contributed by atoms with Crippen molar-refractivity contribution < 1.29 is 9.90 Å². The second-order valence-corrected chi connectivity index (χ2v) is 6.20. The van der Waals surface area contributed by atoms with Gasteiger partial charge in [0.05, 0.1) is 0 Å². The molecular weight excluding hydrogens is 250 g/mol. The maximum absolute atomic E-state index is 11.6. The van der Waals surface area contributed by atoms with Gasteiger partial charge in [0.2, 0.25) is 0 Å². The highest BCUT2D eigenvalue weighted by molar-refractivity contribution is 8.02. The first-order valence-corrected chi connectivity index (χ1v) is 7.78. The van der Waals surface area contributed by atoms with Crippen molar-refractivity contribution in [1.82, 2.24) is 15.6 Å². The van der Waals surface area contributed by atoms with Crippen LogP contribution in [0.15, 0.2) is 11.5 Å². The number of thiol groups is 1. The lowest BCUT2D eigenvalue weighted by Gasteiger charge is -2.37. The fraction of sp³-hybridized carbons (Fsp3) is 0.750. The Labute approximate surface area is 111 Å². The van der Waals surface area contributed by atoms with Crippen LogP contribution >= 0.6 is 11.8 Å². The maximum Gasteiger partial charge on any atom is 0.324 e. The molecule has 101 valence electrons. The number of carboxylic acids is 1. The number of aliphatic carboxylic acids is 1. The highest BCUT2D eigenvalue weighted by Gasteiger charge is 2.47. The molecule has 5 nitrogen and oxygen atoms in total. The number of hydrogen-bond acceptors (Lipinski definition) is 4. The van der Waals surface area contributed by atoms with Crippen LogP contribution in [-0.4, -0.2) is 52.1 Å². The third kappa shape index (κ3) is 2.18. The van der Waals surface area contributed by atoms with Gasteiger partial charge in [-0.1, -0.05) is 12.5 Å². The average Bonchev–Trinajstić information content (AvgIpc) is 2.79. The van der Waals surface area contributed by atoms with Crippen molar-refractivity contribution in [1.29, 1.82) is 0 Å². The number of nitrogens with one attached hydrogen (secondary N) is 1. The molecule has 0 aromatic carbocycles. The predicted molar refractivity (Wildman–Crippen MR) is 72.1 cm³/mol. The summed E-state index contributed by atoms with van der Waals surface area (Å²) in [5, 5.41) is 15.7. The van der Waals surface area contributed by atoms with Crippen molar-refractivity contribution in [2.24, 2.45) is 5.92 Å². The van der Waals surface area contributed by atoms with E-state index in [4.69, 9.17) is 0 Å². The quantitative estimate of drug-likeness (QED) is 0.643. The van der Waals surface area contributed by atoms with Gasteiger partial charge < -0.3 is 5.11 Å².